The molecule has 46 heavy (non-hydrogen) atoms. The Bertz CT molecular complexity index is 2550. The van der Waals surface area contributed by atoms with Gasteiger partial charge < -0.3 is 4.57 Å². The van der Waals surface area contributed by atoms with Gasteiger partial charge in [-0.3, -0.25) is 4.57 Å². The van der Waals surface area contributed by atoms with Crippen molar-refractivity contribution >= 4 is 43.9 Å². The molecule has 0 spiro atoms. The van der Waals surface area contributed by atoms with Gasteiger partial charge in [-0.15, -0.1) is 12.1 Å². The minimum absolute atomic E-state index is 0. The van der Waals surface area contributed by atoms with Gasteiger partial charge in [0.15, 0.2) is 0 Å². The Labute approximate surface area is 280 Å². The van der Waals surface area contributed by atoms with Crippen LogP contribution >= 0.6 is 0 Å². The standard InChI is InChI=1S/C41H26N4.Pt/c1-27-23-39(42-26-36(27)29-15-6-3-7-16-29)45-38-22-11-9-20-33(38)35-25-34-32-19-8-10-21-37(32)44(40(34)43-41(35)45)31-18-12-17-30(24-31)28-13-4-2-5-14-28;/h2-13,15-23,25-26H,1H3;/q-2;+2. The number of rotatable bonds is 4. The first-order valence-electron chi connectivity index (χ1n) is 15.1. The molecule has 0 atom stereocenters. The van der Waals surface area contributed by atoms with Gasteiger partial charge in [-0.25, -0.2) is 21.1 Å². The number of para-hydroxylation sites is 2. The molecule has 9 rings (SSSR count). The van der Waals surface area contributed by atoms with Crippen LogP contribution in [0.15, 0.2) is 140 Å². The minimum Gasteiger partial charge on any atom is -0.313 e. The van der Waals surface area contributed by atoms with Crippen LogP contribution in [-0.4, -0.2) is 19.1 Å². The van der Waals surface area contributed by atoms with E-state index in [0.29, 0.717) is 0 Å². The molecule has 0 bridgehead atoms. The van der Waals surface area contributed by atoms with Gasteiger partial charge in [-0.2, -0.15) is 42.5 Å². The maximum absolute atomic E-state index is 5.48. The fourth-order valence-corrected chi connectivity index (χ4v) is 6.62. The maximum atomic E-state index is 5.48. The van der Waals surface area contributed by atoms with Crippen molar-refractivity contribution in [2.24, 2.45) is 0 Å². The third kappa shape index (κ3) is 4.41. The number of fused-ring (bicyclic) bond motifs is 6. The van der Waals surface area contributed by atoms with E-state index in [2.05, 4.69) is 137 Å². The molecule has 0 fully saturated rings. The second kappa shape index (κ2) is 11.2. The molecule has 5 aromatic carbocycles. The van der Waals surface area contributed by atoms with Gasteiger partial charge in [0.25, 0.3) is 0 Å². The Kier molecular flexibility index (Phi) is 6.89. The van der Waals surface area contributed by atoms with Crippen molar-refractivity contribution in [3.8, 4) is 33.8 Å². The Morgan fingerprint density at radius 1 is 0.587 bits per heavy atom. The van der Waals surface area contributed by atoms with E-state index in [9.17, 15) is 0 Å². The van der Waals surface area contributed by atoms with E-state index >= 15 is 0 Å². The van der Waals surface area contributed by atoms with Crippen LogP contribution in [0.2, 0.25) is 0 Å². The molecule has 0 saturated heterocycles. The number of benzene rings is 5. The molecule has 0 radical (unpaired) electrons. The summed E-state index contributed by atoms with van der Waals surface area (Å²) in [6.45, 7) is 2.15. The van der Waals surface area contributed by atoms with E-state index in [0.717, 1.165) is 83.2 Å². The molecule has 0 aliphatic carbocycles. The zero-order valence-electron chi connectivity index (χ0n) is 24.9. The largest absolute Gasteiger partial charge is 2.00 e. The second-order valence-electron chi connectivity index (χ2n) is 11.4. The number of aromatic nitrogens is 4. The number of hydrogen-bond acceptors (Lipinski definition) is 2. The summed E-state index contributed by atoms with van der Waals surface area (Å²) in [5.41, 5.74) is 10.3. The predicted molar refractivity (Wildman–Crippen MR) is 184 cm³/mol. The molecule has 0 N–H and O–H groups in total. The predicted octanol–water partition coefficient (Wildman–Crippen LogP) is 9.91. The van der Waals surface area contributed by atoms with E-state index in [4.69, 9.17) is 9.97 Å². The molecular weight excluding hydrogens is 744 g/mol. The topological polar surface area (TPSA) is 35.6 Å². The van der Waals surface area contributed by atoms with E-state index in [-0.39, 0.29) is 21.1 Å². The van der Waals surface area contributed by atoms with Gasteiger partial charge in [-0.05, 0) is 48.0 Å². The zero-order chi connectivity index (χ0) is 29.9. The van der Waals surface area contributed by atoms with E-state index in [1.54, 1.807) is 0 Å². The Morgan fingerprint density at radius 3 is 1.96 bits per heavy atom. The van der Waals surface area contributed by atoms with Gasteiger partial charge in [0.2, 0.25) is 0 Å². The zero-order valence-corrected chi connectivity index (χ0v) is 27.2. The number of hydrogen-bond donors (Lipinski definition) is 0. The summed E-state index contributed by atoms with van der Waals surface area (Å²) in [6, 6.07) is 53.3. The van der Waals surface area contributed by atoms with Crippen molar-refractivity contribution in [3.05, 3.63) is 157 Å². The van der Waals surface area contributed by atoms with Crippen LogP contribution < -0.4 is 0 Å². The van der Waals surface area contributed by atoms with Crippen LogP contribution in [0.1, 0.15) is 5.56 Å². The molecule has 4 nitrogen and oxygen atoms in total. The summed E-state index contributed by atoms with van der Waals surface area (Å²) >= 11 is 0. The molecule has 0 aliphatic rings. The van der Waals surface area contributed by atoms with Crippen LogP contribution in [0, 0.1) is 19.1 Å². The summed E-state index contributed by atoms with van der Waals surface area (Å²) < 4.78 is 4.43. The van der Waals surface area contributed by atoms with E-state index in [1.165, 1.54) is 0 Å². The smallest absolute Gasteiger partial charge is 0.313 e. The molecular formula is C41H26N4Pt. The maximum Gasteiger partial charge on any atom is 2.00 e. The van der Waals surface area contributed by atoms with Crippen molar-refractivity contribution in [2.75, 3.05) is 0 Å². The fourth-order valence-electron chi connectivity index (χ4n) is 6.62. The van der Waals surface area contributed by atoms with Crippen LogP contribution in [0.25, 0.3) is 77.6 Å². The third-order valence-electron chi connectivity index (χ3n) is 8.71. The Balaban J connectivity index is 0.00000312. The molecule has 0 saturated carbocycles. The van der Waals surface area contributed by atoms with Crippen molar-refractivity contribution in [2.45, 2.75) is 6.92 Å². The van der Waals surface area contributed by atoms with E-state index < -0.39 is 0 Å². The molecule has 0 aliphatic heterocycles. The Morgan fingerprint density at radius 2 is 1.24 bits per heavy atom. The van der Waals surface area contributed by atoms with E-state index in [1.807, 2.05) is 30.5 Å². The summed E-state index contributed by atoms with van der Waals surface area (Å²) in [4.78, 5) is 10.5. The normalized spacial score (nSPS) is 11.4. The first-order valence-corrected chi connectivity index (χ1v) is 15.1. The van der Waals surface area contributed by atoms with Crippen LogP contribution in [0.3, 0.4) is 0 Å². The molecule has 4 heterocycles. The van der Waals surface area contributed by atoms with Gasteiger partial charge in [-0.1, -0.05) is 66.7 Å². The SMILES string of the molecule is Cc1cc(-n2c3ccccc3c3cc4c5ccccc5n(-c5[c-]c(-c6[c-]cccc6)ccc5)c4nc32)ncc1-c1ccccc1.[Pt+2]. The second-order valence-corrected chi connectivity index (χ2v) is 11.4. The summed E-state index contributed by atoms with van der Waals surface area (Å²) in [5.74, 6) is 0.848. The van der Waals surface area contributed by atoms with Crippen LogP contribution in [0.5, 0.6) is 0 Å². The van der Waals surface area contributed by atoms with Crippen LogP contribution in [0.4, 0.5) is 0 Å². The van der Waals surface area contributed by atoms with Gasteiger partial charge in [0.05, 0.1) is 11.0 Å². The first-order chi connectivity index (χ1) is 22.2. The first kappa shape index (κ1) is 28.2. The number of pyridine rings is 2. The summed E-state index contributed by atoms with van der Waals surface area (Å²) in [6.07, 6.45) is 1.98. The molecule has 0 unspecified atom stereocenters. The average molecular weight is 770 g/mol. The number of nitrogens with zero attached hydrogens (tertiary/aromatic N) is 4. The molecule has 5 heteroatoms. The molecule has 220 valence electrons. The third-order valence-corrected chi connectivity index (χ3v) is 8.71. The van der Waals surface area contributed by atoms with Crippen molar-refractivity contribution in [3.63, 3.8) is 0 Å². The minimum atomic E-state index is 0. The van der Waals surface area contributed by atoms with Crippen molar-refractivity contribution in [1.82, 2.24) is 19.1 Å². The molecule has 0 amide bonds. The van der Waals surface area contributed by atoms with Crippen molar-refractivity contribution < 1.29 is 21.1 Å². The Hall–Kier alpha value is -5.31. The number of aryl methyl sites for hydroxylation is 1. The summed E-state index contributed by atoms with van der Waals surface area (Å²) in [5, 5.41) is 4.52. The van der Waals surface area contributed by atoms with Crippen LogP contribution in [-0.2, 0) is 21.1 Å². The van der Waals surface area contributed by atoms with Gasteiger partial charge in [0.1, 0.15) is 17.1 Å². The summed E-state index contributed by atoms with van der Waals surface area (Å²) in [7, 11) is 0. The molecule has 4 aromatic heterocycles. The fraction of sp³-hybridized carbons (Fsp3) is 0.0244. The average Bonchev–Trinajstić information content (AvgIpc) is 3.60. The molecule has 9 aromatic rings. The van der Waals surface area contributed by atoms with Gasteiger partial charge in [0, 0.05) is 33.3 Å². The quantitative estimate of drug-likeness (QED) is 0.167. The van der Waals surface area contributed by atoms with Crippen molar-refractivity contribution in [1.29, 1.82) is 0 Å². The monoisotopic (exact) mass is 769 g/mol. The van der Waals surface area contributed by atoms with Gasteiger partial charge >= 0.3 is 21.1 Å².